The number of hydrogen-bond acceptors (Lipinski definition) is 3. The second-order valence-electron chi connectivity index (χ2n) is 7.42. The zero-order valence-electron chi connectivity index (χ0n) is 16.2. The van der Waals surface area contributed by atoms with Crippen LogP contribution < -0.4 is 10.6 Å². The van der Waals surface area contributed by atoms with Crippen LogP contribution in [0.2, 0.25) is 5.02 Å². The Balaban J connectivity index is 1.54. The minimum absolute atomic E-state index is 0.0537. The Bertz CT molecular complexity index is 701. The number of ether oxygens (including phenoxy) is 1. The van der Waals surface area contributed by atoms with Crippen molar-refractivity contribution < 1.29 is 9.53 Å². The molecule has 0 aliphatic carbocycles. The van der Waals surface area contributed by atoms with Crippen LogP contribution >= 0.6 is 11.6 Å². The van der Waals surface area contributed by atoms with Gasteiger partial charge >= 0.3 is 0 Å². The molecule has 1 aromatic carbocycles. The molecule has 27 heavy (non-hydrogen) atoms. The fourth-order valence-electron chi connectivity index (χ4n) is 3.73. The molecule has 7 heteroatoms. The van der Waals surface area contributed by atoms with E-state index in [9.17, 15) is 4.79 Å². The maximum Gasteiger partial charge on any atom is 0.226 e. The minimum Gasteiger partial charge on any atom is -0.381 e. The van der Waals surface area contributed by atoms with Gasteiger partial charge in [-0.3, -0.25) is 9.79 Å². The van der Waals surface area contributed by atoms with Crippen LogP contribution in [0.3, 0.4) is 0 Å². The molecule has 2 N–H and O–H groups in total. The Morgan fingerprint density at radius 3 is 3.00 bits per heavy atom. The maximum absolute atomic E-state index is 12.3. The third kappa shape index (κ3) is 4.93. The number of benzene rings is 1. The van der Waals surface area contributed by atoms with Crippen LogP contribution in [-0.2, 0) is 9.53 Å². The Labute approximate surface area is 166 Å². The van der Waals surface area contributed by atoms with Gasteiger partial charge in [0.2, 0.25) is 5.91 Å². The third-order valence-corrected chi connectivity index (χ3v) is 5.81. The number of guanidine groups is 1. The molecule has 0 aromatic heterocycles. The molecular weight excluding hydrogens is 364 g/mol. The van der Waals surface area contributed by atoms with Gasteiger partial charge in [-0.25, -0.2) is 0 Å². The first-order chi connectivity index (χ1) is 13.0. The van der Waals surface area contributed by atoms with Crippen LogP contribution in [0.5, 0.6) is 0 Å². The van der Waals surface area contributed by atoms with E-state index in [4.69, 9.17) is 16.3 Å². The normalized spacial score (nSPS) is 22.5. The lowest BCUT2D eigenvalue weighted by molar-refractivity contribution is -0.116. The molecule has 1 atom stereocenters. The van der Waals surface area contributed by atoms with Crippen molar-refractivity contribution >= 4 is 29.2 Å². The Morgan fingerprint density at radius 2 is 2.26 bits per heavy atom. The van der Waals surface area contributed by atoms with Gasteiger partial charge in [-0.05, 0) is 44.4 Å². The summed E-state index contributed by atoms with van der Waals surface area (Å²) in [6.07, 6.45) is 2.61. The SMILES string of the molecule is CCNC(=NCCC(=O)Nc1cccc(Cl)c1C)N1CCC2(CCOC2)C1. The summed E-state index contributed by atoms with van der Waals surface area (Å²) in [5.41, 5.74) is 1.93. The molecule has 1 unspecified atom stereocenters. The summed E-state index contributed by atoms with van der Waals surface area (Å²) in [7, 11) is 0. The van der Waals surface area contributed by atoms with E-state index in [-0.39, 0.29) is 11.3 Å². The fourth-order valence-corrected chi connectivity index (χ4v) is 3.91. The van der Waals surface area contributed by atoms with Crippen LogP contribution in [0.25, 0.3) is 0 Å². The molecule has 0 radical (unpaired) electrons. The van der Waals surface area contributed by atoms with Crippen molar-refractivity contribution in [1.29, 1.82) is 0 Å². The van der Waals surface area contributed by atoms with Crippen molar-refractivity contribution in [2.24, 2.45) is 10.4 Å². The first kappa shape index (κ1) is 20.0. The lowest BCUT2D eigenvalue weighted by Gasteiger charge is -2.25. The number of carbonyl (C=O) groups is 1. The Morgan fingerprint density at radius 1 is 1.41 bits per heavy atom. The number of nitrogens with zero attached hydrogens (tertiary/aromatic N) is 2. The van der Waals surface area contributed by atoms with Gasteiger partial charge in [0.25, 0.3) is 0 Å². The van der Waals surface area contributed by atoms with Crippen LogP contribution in [0, 0.1) is 12.3 Å². The van der Waals surface area contributed by atoms with Gasteiger partial charge in [0.05, 0.1) is 13.2 Å². The molecular formula is C20H29ClN4O2. The lowest BCUT2D eigenvalue weighted by atomic mass is 9.87. The zero-order valence-corrected chi connectivity index (χ0v) is 16.9. The van der Waals surface area contributed by atoms with Crippen molar-refractivity contribution in [3.8, 4) is 0 Å². The van der Waals surface area contributed by atoms with Crippen molar-refractivity contribution in [1.82, 2.24) is 10.2 Å². The highest BCUT2D eigenvalue weighted by atomic mass is 35.5. The molecule has 2 aliphatic heterocycles. The van der Waals surface area contributed by atoms with E-state index in [0.29, 0.717) is 18.0 Å². The number of hydrogen-bond donors (Lipinski definition) is 2. The molecule has 2 fully saturated rings. The molecule has 3 rings (SSSR count). The summed E-state index contributed by atoms with van der Waals surface area (Å²) < 4.78 is 5.61. The summed E-state index contributed by atoms with van der Waals surface area (Å²) in [4.78, 5) is 19.2. The van der Waals surface area contributed by atoms with Crippen molar-refractivity contribution in [2.45, 2.75) is 33.1 Å². The number of likely N-dealkylation sites (tertiary alicyclic amines) is 1. The van der Waals surface area contributed by atoms with E-state index >= 15 is 0 Å². The molecule has 6 nitrogen and oxygen atoms in total. The molecule has 1 spiro atoms. The summed E-state index contributed by atoms with van der Waals surface area (Å²) in [6, 6.07) is 5.51. The smallest absolute Gasteiger partial charge is 0.226 e. The Hall–Kier alpha value is -1.79. The summed E-state index contributed by atoms with van der Waals surface area (Å²) in [5.74, 6) is 0.843. The van der Waals surface area contributed by atoms with E-state index < -0.39 is 0 Å². The largest absolute Gasteiger partial charge is 0.381 e. The first-order valence-electron chi connectivity index (χ1n) is 9.69. The predicted molar refractivity (Wildman–Crippen MR) is 109 cm³/mol. The standard InChI is InChI=1S/C20H29ClN4O2/c1-3-22-19(25-11-8-20(13-25)9-12-27-14-20)23-10-7-18(26)24-17-6-4-5-16(21)15(17)2/h4-6H,3,7-14H2,1-2H3,(H,22,23)(H,24,26). The average Bonchev–Trinajstić information content (AvgIpc) is 3.28. The van der Waals surface area contributed by atoms with Gasteiger partial charge in [0, 0.05) is 48.8 Å². The topological polar surface area (TPSA) is 66.0 Å². The second-order valence-corrected chi connectivity index (χ2v) is 7.83. The van der Waals surface area contributed by atoms with E-state index in [0.717, 1.165) is 62.9 Å². The van der Waals surface area contributed by atoms with Crippen LogP contribution in [0.1, 0.15) is 31.7 Å². The van der Waals surface area contributed by atoms with Gasteiger partial charge in [-0.1, -0.05) is 17.7 Å². The molecule has 0 saturated carbocycles. The number of anilines is 1. The fraction of sp³-hybridized carbons (Fsp3) is 0.600. The summed E-state index contributed by atoms with van der Waals surface area (Å²) in [6.45, 7) is 8.91. The highest BCUT2D eigenvalue weighted by Gasteiger charge is 2.42. The van der Waals surface area contributed by atoms with Gasteiger partial charge in [-0.2, -0.15) is 0 Å². The number of halogens is 1. The summed E-state index contributed by atoms with van der Waals surface area (Å²) >= 11 is 6.11. The quantitative estimate of drug-likeness (QED) is 0.597. The predicted octanol–water partition coefficient (Wildman–Crippen LogP) is 3.05. The highest BCUT2D eigenvalue weighted by molar-refractivity contribution is 6.31. The first-order valence-corrected chi connectivity index (χ1v) is 10.1. The molecule has 2 saturated heterocycles. The van der Waals surface area contributed by atoms with Gasteiger partial charge in [0.1, 0.15) is 0 Å². The lowest BCUT2D eigenvalue weighted by Crippen LogP contribution is -2.41. The molecule has 1 amide bonds. The van der Waals surface area contributed by atoms with Gasteiger partial charge in [-0.15, -0.1) is 0 Å². The maximum atomic E-state index is 12.3. The van der Waals surface area contributed by atoms with Crippen molar-refractivity contribution in [2.75, 3.05) is 44.7 Å². The van der Waals surface area contributed by atoms with E-state index in [1.165, 1.54) is 0 Å². The average molecular weight is 393 g/mol. The van der Waals surface area contributed by atoms with Crippen molar-refractivity contribution in [3.05, 3.63) is 28.8 Å². The zero-order chi connectivity index (χ0) is 19.3. The third-order valence-electron chi connectivity index (χ3n) is 5.40. The van der Waals surface area contributed by atoms with Gasteiger partial charge in [0.15, 0.2) is 5.96 Å². The molecule has 0 bridgehead atoms. The van der Waals surface area contributed by atoms with E-state index in [1.54, 1.807) is 0 Å². The molecule has 2 aliphatic rings. The van der Waals surface area contributed by atoms with E-state index in [2.05, 4.69) is 27.4 Å². The second kappa shape index (κ2) is 8.93. The van der Waals surface area contributed by atoms with Gasteiger partial charge < -0.3 is 20.3 Å². The number of rotatable bonds is 5. The minimum atomic E-state index is -0.0537. The Kier molecular flexibility index (Phi) is 6.60. The number of carbonyl (C=O) groups excluding carboxylic acids is 1. The molecule has 1 aromatic rings. The van der Waals surface area contributed by atoms with Crippen LogP contribution in [0.4, 0.5) is 5.69 Å². The summed E-state index contributed by atoms with van der Waals surface area (Å²) in [5, 5.41) is 6.93. The molecule has 148 valence electrons. The number of amides is 1. The number of aliphatic imine (C=N–C) groups is 1. The van der Waals surface area contributed by atoms with Crippen LogP contribution in [0.15, 0.2) is 23.2 Å². The highest BCUT2D eigenvalue weighted by Crippen LogP contribution is 2.38. The van der Waals surface area contributed by atoms with Crippen molar-refractivity contribution in [3.63, 3.8) is 0 Å². The monoisotopic (exact) mass is 392 g/mol. The molecule has 2 heterocycles. The number of nitrogens with one attached hydrogen (secondary N) is 2. The van der Waals surface area contributed by atoms with Crippen LogP contribution in [-0.4, -0.2) is 56.2 Å². The van der Waals surface area contributed by atoms with E-state index in [1.807, 2.05) is 25.1 Å².